The van der Waals surface area contributed by atoms with Crippen molar-refractivity contribution in [2.45, 2.75) is 39.8 Å². The van der Waals surface area contributed by atoms with Gasteiger partial charge in [-0.15, -0.1) is 5.10 Å². The van der Waals surface area contributed by atoms with Crippen LogP contribution in [0, 0.1) is 6.92 Å². The number of ether oxygens (including phenoxy) is 2. The van der Waals surface area contributed by atoms with Crippen LogP contribution in [0.25, 0.3) is 11.3 Å². The van der Waals surface area contributed by atoms with Gasteiger partial charge in [-0.1, -0.05) is 48.4 Å². The Balaban J connectivity index is 2.04. The van der Waals surface area contributed by atoms with E-state index in [0.717, 1.165) is 24.1 Å². The number of nitrogens with zero attached hydrogens (tertiary/aromatic N) is 3. The van der Waals surface area contributed by atoms with Crippen molar-refractivity contribution in [1.29, 1.82) is 0 Å². The first-order valence-corrected chi connectivity index (χ1v) is 7.92. The fourth-order valence-corrected chi connectivity index (χ4v) is 2.20. The van der Waals surface area contributed by atoms with Crippen LogP contribution in [0.3, 0.4) is 0 Å². The van der Waals surface area contributed by atoms with Crippen LogP contribution < -0.4 is 0 Å². The first kappa shape index (κ1) is 16.6. The standard InChI is InChI=1S/C17H25N3O2/c1-4-6-17(22-12-11-21-5-2)20-13-16(18-19-20)15-9-7-14(3)8-10-15/h7-10,13,17H,4-6,11-12H2,1-3H3. The molecule has 0 N–H and O–H groups in total. The molecule has 1 atom stereocenters. The molecule has 120 valence electrons. The van der Waals surface area contributed by atoms with Gasteiger partial charge in [0.15, 0.2) is 6.23 Å². The van der Waals surface area contributed by atoms with Crippen molar-refractivity contribution < 1.29 is 9.47 Å². The molecule has 0 bridgehead atoms. The van der Waals surface area contributed by atoms with E-state index in [9.17, 15) is 0 Å². The normalized spacial score (nSPS) is 12.5. The second-order valence-electron chi connectivity index (χ2n) is 5.26. The molecule has 1 aromatic carbocycles. The summed E-state index contributed by atoms with van der Waals surface area (Å²) in [6.07, 6.45) is 3.80. The van der Waals surface area contributed by atoms with Crippen LogP contribution in [0.1, 0.15) is 38.5 Å². The molecule has 2 aromatic rings. The molecule has 0 saturated carbocycles. The predicted molar refractivity (Wildman–Crippen MR) is 86.6 cm³/mol. The van der Waals surface area contributed by atoms with Gasteiger partial charge in [0.1, 0.15) is 5.69 Å². The van der Waals surface area contributed by atoms with Crippen LogP contribution in [-0.2, 0) is 9.47 Å². The fourth-order valence-electron chi connectivity index (χ4n) is 2.20. The van der Waals surface area contributed by atoms with Gasteiger partial charge in [0, 0.05) is 12.2 Å². The van der Waals surface area contributed by atoms with Gasteiger partial charge in [-0.25, -0.2) is 4.68 Å². The highest BCUT2D eigenvalue weighted by molar-refractivity contribution is 5.57. The molecule has 0 aliphatic heterocycles. The molecule has 0 aliphatic rings. The summed E-state index contributed by atoms with van der Waals surface area (Å²) in [7, 11) is 0. The van der Waals surface area contributed by atoms with E-state index in [4.69, 9.17) is 9.47 Å². The average Bonchev–Trinajstić information content (AvgIpc) is 3.01. The van der Waals surface area contributed by atoms with Crippen molar-refractivity contribution in [3.63, 3.8) is 0 Å². The molecular weight excluding hydrogens is 278 g/mol. The Morgan fingerprint density at radius 3 is 2.59 bits per heavy atom. The lowest BCUT2D eigenvalue weighted by Gasteiger charge is -2.16. The summed E-state index contributed by atoms with van der Waals surface area (Å²) in [5, 5.41) is 8.50. The molecule has 22 heavy (non-hydrogen) atoms. The van der Waals surface area contributed by atoms with E-state index in [0.29, 0.717) is 19.8 Å². The SMILES string of the molecule is CCCC(OCCOCC)n1cc(-c2ccc(C)cc2)nn1. The Bertz CT molecular complexity index is 551. The zero-order chi connectivity index (χ0) is 15.8. The molecular formula is C17H25N3O2. The molecule has 0 amide bonds. The van der Waals surface area contributed by atoms with Gasteiger partial charge in [-0.3, -0.25) is 0 Å². The number of rotatable bonds is 9. The van der Waals surface area contributed by atoms with Crippen LogP contribution in [0.5, 0.6) is 0 Å². The first-order valence-electron chi connectivity index (χ1n) is 7.92. The third-order valence-corrected chi connectivity index (χ3v) is 3.43. The Labute approximate surface area is 132 Å². The van der Waals surface area contributed by atoms with Crippen molar-refractivity contribution in [3.8, 4) is 11.3 Å². The largest absolute Gasteiger partial charge is 0.379 e. The van der Waals surface area contributed by atoms with Crippen LogP contribution >= 0.6 is 0 Å². The summed E-state index contributed by atoms with van der Waals surface area (Å²) < 4.78 is 13.0. The maximum Gasteiger partial charge on any atom is 0.152 e. The second kappa shape index (κ2) is 8.66. The highest BCUT2D eigenvalue weighted by atomic mass is 16.5. The van der Waals surface area contributed by atoms with Gasteiger partial charge in [0.05, 0.1) is 19.4 Å². The van der Waals surface area contributed by atoms with E-state index in [-0.39, 0.29) is 6.23 Å². The third-order valence-electron chi connectivity index (χ3n) is 3.43. The number of aryl methyl sites for hydroxylation is 1. The summed E-state index contributed by atoms with van der Waals surface area (Å²) in [6, 6.07) is 8.29. The van der Waals surface area contributed by atoms with Gasteiger partial charge < -0.3 is 9.47 Å². The monoisotopic (exact) mass is 303 g/mol. The molecule has 2 rings (SSSR count). The summed E-state index contributed by atoms with van der Waals surface area (Å²) in [4.78, 5) is 0. The van der Waals surface area contributed by atoms with Gasteiger partial charge in [-0.2, -0.15) is 0 Å². The number of hydrogen-bond donors (Lipinski definition) is 0. The van der Waals surface area contributed by atoms with E-state index < -0.39 is 0 Å². The lowest BCUT2D eigenvalue weighted by atomic mass is 10.1. The molecule has 0 saturated heterocycles. The summed E-state index contributed by atoms with van der Waals surface area (Å²) in [6.45, 7) is 8.08. The molecule has 0 spiro atoms. The molecule has 1 heterocycles. The van der Waals surface area contributed by atoms with Crippen LogP contribution in [-0.4, -0.2) is 34.8 Å². The number of benzene rings is 1. The smallest absolute Gasteiger partial charge is 0.152 e. The Morgan fingerprint density at radius 2 is 1.91 bits per heavy atom. The van der Waals surface area contributed by atoms with E-state index in [1.165, 1.54) is 5.56 Å². The lowest BCUT2D eigenvalue weighted by molar-refractivity contribution is -0.0401. The van der Waals surface area contributed by atoms with Crippen molar-refractivity contribution in [2.24, 2.45) is 0 Å². The van der Waals surface area contributed by atoms with Crippen molar-refractivity contribution in [3.05, 3.63) is 36.0 Å². The summed E-state index contributed by atoms with van der Waals surface area (Å²) in [5.74, 6) is 0. The van der Waals surface area contributed by atoms with E-state index in [1.807, 2.05) is 17.8 Å². The zero-order valence-electron chi connectivity index (χ0n) is 13.7. The van der Waals surface area contributed by atoms with Gasteiger partial charge >= 0.3 is 0 Å². The molecule has 5 nitrogen and oxygen atoms in total. The number of hydrogen-bond acceptors (Lipinski definition) is 4. The van der Waals surface area contributed by atoms with E-state index in [1.54, 1.807) is 0 Å². The summed E-state index contributed by atoms with van der Waals surface area (Å²) >= 11 is 0. The minimum Gasteiger partial charge on any atom is -0.379 e. The first-order chi connectivity index (χ1) is 10.7. The van der Waals surface area contributed by atoms with Crippen LogP contribution in [0.15, 0.2) is 30.5 Å². The van der Waals surface area contributed by atoms with E-state index >= 15 is 0 Å². The lowest BCUT2D eigenvalue weighted by Crippen LogP contribution is -2.16. The Morgan fingerprint density at radius 1 is 1.14 bits per heavy atom. The second-order valence-corrected chi connectivity index (χ2v) is 5.26. The molecule has 1 unspecified atom stereocenters. The minimum atomic E-state index is -0.0860. The van der Waals surface area contributed by atoms with Crippen molar-refractivity contribution >= 4 is 0 Å². The topological polar surface area (TPSA) is 49.2 Å². The predicted octanol–water partition coefficient (Wildman–Crippen LogP) is 3.61. The Kier molecular flexibility index (Phi) is 6.55. The quantitative estimate of drug-likeness (QED) is 0.664. The fraction of sp³-hybridized carbons (Fsp3) is 0.529. The maximum atomic E-state index is 5.87. The van der Waals surface area contributed by atoms with Crippen molar-refractivity contribution in [1.82, 2.24) is 15.0 Å². The average molecular weight is 303 g/mol. The molecule has 5 heteroatoms. The number of aromatic nitrogens is 3. The third kappa shape index (κ3) is 4.64. The molecule has 0 aliphatic carbocycles. The summed E-state index contributed by atoms with van der Waals surface area (Å²) in [5.41, 5.74) is 3.18. The zero-order valence-corrected chi connectivity index (χ0v) is 13.7. The van der Waals surface area contributed by atoms with Gasteiger partial charge in [0.2, 0.25) is 0 Å². The van der Waals surface area contributed by atoms with Crippen LogP contribution in [0.4, 0.5) is 0 Å². The Hall–Kier alpha value is -1.72. The van der Waals surface area contributed by atoms with Crippen LogP contribution in [0.2, 0.25) is 0 Å². The highest BCUT2D eigenvalue weighted by Gasteiger charge is 2.13. The van der Waals surface area contributed by atoms with Crippen molar-refractivity contribution in [2.75, 3.05) is 19.8 Å². The van der Waals surface area contributed by atoms with E-state index in [2.05, 4.69) is 48.4 Å². The highest BCUT2D eigenvalue weighted by Crippen LogP contribution is 2.20. The maximum absolute atomic E-state index is 5.87. The van der Waals surface area contributed by atoms with Gasteiger partial charge in [-0.05, 0) is 20.3 Å². The molecule has 0 fully saturated rings. The molecule has 0 radical (unpaired) electrons. The minimum absolute atomic E-state index is 0.0860. The van der Waals surface area contributed by atoms with Gasteiger partial charge in [0.25, 0.3) is 0 Å². The molecule has 1 aromatic heterocycles.